The van der Waals surface area contributed by atoms with Gasteiger partial charge >= 0.3 is 0 Å². The summed E-state index contributed by atoms with van der Waals surface area (Å²) in [6, 6.07) is 7.78. The van der Waals surface area contributed by atoms with Gasteiger partial charge in [-0.2, -0.15) is 0 Å². The van der Waals surface area contributed by atoms with Crippen LogP contribution in [0, 0.1) is 0 Å². The Balaban J connectivity index is 2.43. The number of halogens is 1. The van der Waals surface area contributed by atoms with Gasteiger partial charge in [0.05, 0.1) is 0 Å². The van der Waals surface area contributed by atoms with Gasteiger partial charge in [0, 0.05) is 17.1 Å². The third kappa shape index (κ3) is 5.50. The second-order valence-corrected chi connectivity index (χ2v) is 4.36. The van der Waals surface area contributed by atoms with E-state index in [2.05, 4.69) is 21.2 Å². The van der Waals surface area contributed by atoms with E-state index in [1.54, 1.807) is 12.2 Å². The van der Waals surface area contributed by atoms with E-state index in [-0.39, 0.29) is 5.91 Å². The zero-order chi connectivity index (χ0) is 12.5. The molecule has 0 bridgehead atoms. The highest BCUT2D eigenvalue weighted by molar-refractivity contribution is 9.10. The first-order valence-electron chi connectivity index (χ1n) is 5.55. The molecule has 2 nitrogen and oxygen atoms in total. The van der Waals surface area contributed by atoms with Crippen LogP contribution >= 0.6 is 15.9 Å². The van der Waals surface area contributed by atoms with Crippen LogP contribution in [-0.4, -0.2) is 12.5 Å². The summed E-state index contributed by atoms with van der Waals surface area (Å²) in [5.41, 5.74) is 0.996. The van der Waals surface area contributed by atoms with E-state index in [1.165, 1.54) is 0 Å². The fraction of sp³-hybridized carbons (Fsp3) is 0.214. The second-order valence-electron chi connectivity index (χ2n) is 3.50. The molecule has 0 aromatic heterocycles. The molecule has 0 radical (unpaired) electrons. The molecule has 1 aromatic carbocycles. The zero-order valence-corrected chi connectivity index (χ0v) is 11.4. The predicted octanol–water partition coefficient (Wildman–Crippen LogP) is 3.54. The van der Waals surface area contributed by atoms with Crippen molar-refractivity contribution in [2.45, 2.75) is 13.3 Å². The SMILES string of the molecule is C/C=C/CCNC(=O)/C=C/c1ccccc1Br. The van der Waals surface area contributed by atoms with Gasteiger partial charge in [-0.15, -0.1) is 0 Å². The van der Waals surface area contributed by atoms with Crippen LogP contribution in [0.15, 0.2) is 47.0 Å². The smallest absolute Gasteiger partial charge is 0.244 e. The third-order valence-corrected chi connectivity index (χ3v) is 2.89. The van der Waals surface area contributed by atoms with Crippen LogP contribution in [-0.2, 0) is 4.79 Å². The Morgan fingerprint density at radius 3 is 2.88 bits per heavy atom. The first-order chi connectivity index (χ1) is 8.24. The lowest BCUT2D eigenvalue weighted by Crippen LogP contribution is -2.21. The summed E-state index contributed by atoms with van der Waals surface area (Å²) < 4.78 is 0.984. The van der Waals surface area contributed by atoms with Crippen molar-refractivity contribution in [2.24, 2.45) is 0 Å². The Morgan fingerprint density at radius 2 is 2.18 bits per heavy atom. The Kier molecular flexibility index (Phi) is 6.33. The van der Waals surface area contributed by atoms with Crippen molar-refractivity contribution in [3.8, 4) is 0 Å². The molecule has 90 valence electrons. The first kappa shape index (κ1) is 13.7. The standard InChI is InChI=1S/C14H16BrNO/c1-2-3-6-11-16-14(17)10-9-12-7-4-5-8-13(12)15/h2-5,7-10H,6,11H2,1H3,(H,16,17)/b3-2+,10-9+. The van der Waals surface area contributed by atoms with E-state index in [4.69, 9.17) is 0 Å². The number of hydrogen-bond acceptors (Lipinski definition) is 1. The number of hydrogen-bond donors (Lipinski definition) is 1. The van der Waals surface area contributed by atoms with Crippen LogP contribution in [0.25, 0.3) is 6.08 Å². The monoisotopic (exact) mass is 293 g/mol. The molecule has 17 heavy (non-hydrogen) atoms. The van der Waals surface area contributed by atoms with Crippen molar-refractivity contribution >= 4 is 27.9 Å². The molecule has 0 saturated heterocycles. The molecule has 1 rings (SSSR count). The average molecular weight is 294 g/mol. The summed E-state index contributed by atoms with van der Waals surface area (Å²) in [7, 11) is 0. The Hall–Kier alpha value is -1.35. The molecule has 0 atom stereocenters. The van der Waals surface area contributed by atoms with Gasteiger partial charge in [0.1, 0.15) is 0 Å². The van der Waals surface area contributed by atoms with Gasteiger partial charge in [0.25, 0.3) is 0 Å². The van der Waals surface area contributed by atoms with Crippen LogP contribution in [0.1, 0.15) is 18.9 Å². The van der Waals surface area contributed by atoms with Crippen molar-refractivity contribution < 1.29 is 4.79 Å². The maximum atomic E-state index is 11.5. The topological polar surface area (TPSA) is 29.1 Å². The molecule has 0 aliphatic carbocycles. The largest absolute Gasteiger partial charge is 0.352 e. The minimum absolute atomic E-state index is 0.0646. The maximum absolute atomic E-state index is 11.5. The quantitative estimate of drug-likeness (QED) is 0.502. The van der Waals surface area contributed by atoms with Gasteiger partial charge in [-0.3, -0.25) is 4.79 Å². The van der Waals surface area contributed by atoms with Crippen molar-refractivity contribution in [3.63, 3.8) is 0 Å². The Morgan fingerprint density at radius 1 is 1.41 bits per heavy atom. The number of benzene rings is 1. The molecular formula is C14H16BrNO. The summed E-state index contributed by atoms with van der Waals surface area (Å²) in [6.07, 6.45) is 8.22. The minimum Gasteiger partial charge on any atom is -0.352 e. The summed E-state index contributed by atoms with van der Waals surface area (Å²) in [6.45, 7) is 2.64. The number of carbonyl (C=O) groups excluding carboxylic acids is 1. The molecule has 1 N–H and O–H groups in total. The Labute approximate surface area is 111 Å². The number of nitrogens with one attached hydrogen (secondary N) is 1. The highest BCUT2D eigenvalue weighted by Gasteiger charge is 1.96. The average Bonchev–Trinajstić information content (AvgIpc) is 2.34. The minimum atomic E-state index is -0.0646. The zero-order valence-electron chi connectivity index (χ0n) is 9.82. The van der Waals surface area contributed by atoms with Crippen LogP contribution in [0.3, 0.4) is 0 Å². The molecule has 0 heterocycles. The van der Waals surface area contributed by atoms with Gasteiger partial charge in [-0.05, 0) is 31.1 Å². The van der Waals surface area contributed by atoms with E-state index in [0.29, 0.717) is 6.54 Å². The van der Waals surface area contributed by atoms with Gasteiger partial charge in [-0.1, -0.05) is 46.3 Å². The summed E-state index contributed by atoms with van der Waals surface area (Å²) in [5, 5.41) is 2.81. The van der Waals surface area contributed by atoms with Crippen LogP contribution in [0.2, 0.25) is 0 Å². The van der Waals surface area contributed by atoms with Crippen molar-refractivity contribution in [1.82, 2.24) is 5.32 Å². The molecule has 0 unspecified atom stereocenters. The van der Waals surface area contributed by atoms with Crippen molar-refractivity contribution in [2.75, 3.05) is 6.54 Å². The lowest BCUT2D eigenvalue weighted by atomic mass is 10.2. The fourth-order valence-corrected chi connectivity index (χ4v) is 1.70. The number of rotatable bonds is 5. The number of carbonyl (C=O) groups is 1. The number of amides is 1. The molecule has 0 spiro atoms. The molecular weight excluding hydrogens is 278 g/mol. The lowest BCUT2D eigenvalue weighted by molar-refractivity contribution is -0.116. The highest BCUT2D eigenvalue weighted by Crippen LogP contribution is 2.16. The molecule has 3 heteroatoms. The van der Waals surface area contributed by atoms with Crippen molar-refractivity contribution in [3.05, 3.63) is 52.5 Å². The summed E-state index contributed by atoms with van der Waals surface area (Å²) in [4.78, 5) is 11.5. The van der Waals surface area contributed by atoms with Gasteiger partial charge in [0.15, 0.2) is 0 Å². The normalized spacial score (nSPS) is 11.2. The molecule has 0 saturated carbocycles. The highest BCUT2D eigenvalue weighted by atomic mass is 79.9. The predicted molar refractivity (Wildman–Crippen MR) is 75.6 cm³/mol. The van der Waals surface area contributed by atoms with Crippen LogP contribution in [0.4, 0.5) is 0 Å². The molecule has 0 aliphatic heterocycles. The summed E-state index contributed by atoms with van der Waals surface area (Å²) in [5.74, 6) is -0.0646. The van der Waals surface area contributed by atoms with E-state index >= 15 is 0 Å². The van der Waals surface area contributed by atoms with Gasteiger partial charge in [-0.25, -0.2) is 0 Å². The fourth-order valence-electron chi connectivity index (χ4n) is 1.28. The van der Waals surface area contributed by atoms with Crippen molar-refractivity contribution in [1.29, 1.82) is 0 Å². The first-order valence-corrected chi connectivity index (χ1v) is 6.35. The molecule has 1 aromatic rings. The number of allylic oxidation sites excluding steroid dienone is 1. The van der Waals surface area contributed by atoms with E-state index in [0.717, 1.165) is 16.5 Å². The van der Waals surface area contributed by atoms with E-state index in [1.807, 2.05) is 43.3 Å². The second kappa shape index (κ2) is 7.85. The molecule has 0 fully saturated rings. The molecule has 0 aliphatic rings. The maximum Gasteiger partial charge on any atom is 0.244 e. The third-order valence-electron chi connectivity index (χ3n) is 2.17. The van der Waals surface area contributed by atoms with Gasteiger partial charge in [0.2, 0.25) is 5.91 Å². The van der Waals surface area contributed by atoms with E-state index < -0.39 is 0 Å². The van der Waals surface area contributed by atoms with Gasteiger partial charge < -0.3 is 5.32 Å². The Bertz CT molecular complexity index is 424. The van der Waals surface area contributed by atoms with E-state index in [9.17, 15) is 4.79 Å². The lowest BCUT2D eigenvalue weighted by Gasteiger charge is -1.99. The van der Waals surface area contributed by atoms with Crippen LogP contribution in [0.5, 0.6) is 0 Å². The van der Waals surface area contributed by atoms with Crippen LogP contribution < -0.4 is 5.32 Å². The molecule has 1 amide bonds. The summed E-state index contributed by atoms with van der Waals surface area (Å²) >= 11 is 3.43.